The molecule has 110 valence electrons. The van der Waals surface area contributed by atoms with Crippen molar-refractivity contribution < 1.29 is 4.79 Å². The summed E-state index contributed by atoms with van der Waals surface area (Å²) in [6.45, 7) is 7.04. The zero-order chi connectivity index (χ0) is 14.5. The number of carbonyl (C=O) groups excluding carboxylic acids is 1. The molecule has 1 heterocycles. The van der Waals surface area contributed by atoms with Gasteiger partial charge in [0.15, 0.2) is 0 Å². The Morgan fingerprint density at radius 2 is 2.05 bits per heavy atom. The SMILES string of the molecule is CCNc1cc(C)ncc1C(=O)NC1CCC(C)CC1. The summed E-state index contributed by atoms with van der Waals surface area (Å²) < 4.78 is 0. The molecule has 1 aromatic rings. The first-order chi connectivity index (χ1) is 9.60. The van der Waals surface area contributed by atoms with E-state index in [-0.39, 0.29) is 5.91 Å². The Labute approximate surface area is 121 Å². The van der Waals surface area contributed by atoms with E-state index < -0.39 is 0 Å². The maximum absolute atomic E-state index is 12.4. The van der Waals surface area contributed by atoms with Crippen molar-refractivity contribution in [2.75, 3.05) is 11.9 Å². The predicted molar refractivity (Wildman–Crippen MR) is 82.0 cm³/mol. The molecule has 0 spiro atoms. The normalized spacial score (nSPS) is 22.4. The summed E-state index contributed by atoms with van der Waals surface area (Å²) in [5, 5.41) is 6.40. The molecule has 0 aliphatic heterocycles. The standard InChI is InChI=1S/C16H25N3O/c1-4-17-15-9-12(3)18-10-14(15)16(20)19-13-7-5-11(2)6-8-13/h9-11,13H,4-8H2,1-3H3,(H,17,18)(H,19,20). The van der Waals surface area contributed by atoms with Crippen molar-refractivity contribution in [3.63, 3.8) is 0 Å². The number of hydrogen-bond acceptors (Lipinski definition) is 3. The average Bonchev–Trinajstić information content (AvgIpc) is 2.42. The molecule has 2 rings (SSSR count). The molecule has 0 radical (unpaired) electrons. The van der Waals surface area contributed by atoms with Gasteiger partial charge in [-0.1, -0.05) is 6.92 Å². The van der Waals surface area contributed by atoms with E-state index >= 15 is 0 Å². The molecule has 1 fully saturated rings. The average molecular weight is 275 g/mol. The van der Waals surface area contributed by atoms with Gasteiger partial charge in [0.25, 0.3) is 5.91 Å². The Morgan fingerprint density at radius 1 is 1.35 bits per heavy atom. The van der Waals surface area contributed by atoms with Gasteiger partial charge >= 0.3 is 0 Å². The molecule has 2 N–H and O–H groups in total. The number of aromatic nitrogens is 1. The summed E-state index contributed by atoms with van der Waals surface area (Å²) in [6, 6.07) is 2.25. The fraction of sp³-hybridized carbons (Fsp3) is 0.625. The van der Waals surface area contributed by atoms with Gasteiger partial charge in [-0.15, -0.1) is 0 Å². The maximum atomic E-state index is 12.4. The first-order valence-electron chi connectivity index (χ1n) is 7.61. The van der Waals surface area contributed by atoms with Crippen molar-refractivity contribution in [3.05, 3.63) is 23.5 Å². The van der Waals surface area contributed by atoms with E-state index in [1.165, 1.54) is 12.8 Å². The van der Waals surface area contributed by atoms with Crippen LogP contribution >= 0.6 is 0 Å². The zero-order valence-electron chi connectivity index (χ0n) is 12.7. The zero-order valence-corrected chi connectivity index (χ0v) is 12.7. The topological polar surface area (TPSA) is 54.0 Å². The predicted octanol–water partition coefficient (Wildman–Crippen LogP) is 3.13. The van der Waals surface area contributed by atoms with Crippen molar-refractivity contribution in [2.24, 2.45) is 5.92 Å². The Bertz CT molecular complexity index is 465. The highest BCUT2D eigenvalue weighted by atomic mass is 16.1. The van der Waals surface area contributed by atoms with Gasteiger partial charge < -0.3 is 10.6 Å². The molecular formula is C16H25N3O. The van der Waals surface area contributed by atoms with Gasteiger partial charge in [0.2, 0.25) is 0 Å². The van der Waals surface area contributed by atoms with Crippen LogP contribution in [-0.2, 0) is 0 Å². The van der Waals surface area contributed by atoms with Crippen LogP contribution in [0.25, 0.3) is 0 Å². The largest absolute Gasteiger partial charge is 0.385 e. The summed E-state index contributed by atoms with van der Waals surface area (Å²) in [4.78, 5) is 16.7. The summed E-state index contributed by atoms with van der Waals surface area (Å²) >= 11 is 0. The third kappa shape index (κ3) is 3.71. The number of aryl methyl sites for hydroxylation is 1. The minimum absolute atomic E-state index is 0.00648. The third-order valence-electron chi connectivity index (χ3n) is 4.00. The Kier molecular flexibility index (Phi) is 4.99. The van der Waals surface area contributed by atoms with Crippen LogP contribution in [0.2, 0.25) is 0 Å². The molecule has 1 aliphatic carbocycles. The maximum Gasteiger partial charge on any atom is 0.255 e. The minimum atomic E-state index is -0.00648. The molecule has 1 aliphatic rings. The Morgan fingerprint density at radius 3 is 2.70 bits per heavy atom. The molecule has 20 heavy (non-hydrogen) atoms. The summed E-state index contributed by atoms with van der Waals surface area (Å²) in [7, 11) is 0. The molecule has 0 atom stereocenters. The molecule has 1 saturated carbocycles. The number of hydrogen-bond donors (Lipinski definition) is 2. The number of pyridine rings is 1. The second kappa shape index (κ2) is 6.73. The molecule has 0 aromatic carbocycles. The molecule has 0 bridgehead atoms. The van der Waals surface area contributed by atoms with Gasteiger partial charge in [0.05, 0.1) is 11.3 Å². The summed E-state index contributed by atoms with van der Waals surface area (Å²) in [6.07, 6.45) is 6.26. The molecule has 1 amide bonds. The number of carbonyl (C=O) groups is 1. The molecule has 1 aromatic heterocycles. The van der Waals surface area contributed by atoms with Gasteiger partial charge in [-0.25, -0.2) is 0 Å². The van der Waals surface area contributed by atoms with Gasteiger partial charge in [0, 0.05) is 24.5 Å². The van der Waals surface area contributed by atoms with Crippen LogP contribution in [-0.4, -0.2) is 23.5 Å². The number of nitrogens with one attached hydrogen (secondary N) is 2. The van der Waals surface area contributed by atoms with Gasteiger partial charge in [-0.3, -0.25) is 9.78 Å². The number of amides is 1. The first-order valence-corrected chi connectivity index (χ1v) is 7.61. The summed E-state index contributed by atoms with van der Waals surface area (Å²) in [5.74, 6) is 0.787. The summed E-state index contributed by atoms with van der Waals surface area (Å²) in [5.41, 5.74) is 2.45. The van der Waals surface area contributed by atoms with Crippen LogP contribution in [0.5, 0.6) is 0 Å². The highest BCUT2D eigenvalue weighted by molar-refractivity contribution is 5.99. The lowest BCUT2D eigenvalue weighted by Gasteiger charge is -2.27. The Hall–Kier alpha value is -1.58. The smallest absolute Gasteiger partial charge is 0.255 e. The van der Waals surface area contributed by atoms with E-state index in [0.717, 1.165) is 36.7 Å². The second-order valence-electron chi connectivity index (χ2n) is 5.83. The molecular weight excluding hydrogens is 250 g/mol. The monoisotopic (exact) mass is 275 g/mol. The van der Waals surface area contributed by atoms with Crippen LogP contribution in [0.3, 0.4) is 0 Å². The molecule has 4 nitrogen and oxygen atoms in total. The van der Waals surface area contributed by atoms with Crippen molar-refractivity contribution in [1.29, 1.82) is 0 Å². The lowest BCUT2D eigenvalue weighted by atomic mass is 9.87. The molecule has 0 saturated heterocycles. The lowest BCUT2D eigenvalue weighted by molar-refractivity contribution is 0.0923. The van der Waals surface area contributed by atoms with Crippen LogP contribution in [0, 0.1) is 12.8 Å². The third-order valence-corrected chi connectivity index (χ3v) is 4.00. The van der Waals surface area contributed by atoms with Crippen LogP contribution in [0.1, 0.15) is 55.6 Å². The van der Waals surface area contributed by atoms with Crippen molar-refractivity contribution in [1.82, 2.24) is 10.3 Å². The van der Waals surface area contributed by atoms with Crippen LogP contribution < -0.4 is 10.6 Å². The van der Waals surface area contributed by atoms with E-state index in [4.69, 9.17) is 0 Å². The highest BCUT2D eigenvalue weighted by Crippen LogP contribution is 2.24. The fourth-order valence-electron chi connectivity index (χ4n) is 2.75. The molecule has 0 unspecified atom stereocenters. The first kappa shape index (κ1) is 14.8. The quantitative estimate of drug-likeness (QED) is 0.887. The van der Waals surface area contributed by atoms with Crippen molar-refractivity contribution in [2.45, 2.75) is 52.5 Å². The second-order valence-corrected chi connectivity index (χ2v) is 5.83. The van der Waals surface area contributed by atoms with Crippen molar-refractivity contribution in [3.8, 4) is 0 Å². The van der Waals surface area contributed by atoms with Crippen LogP contribution in [0.15, 0.2) is 12.3 Å². The molecule has 4 heteroatoms. The van der Waals surface area contributed by atoms with E-state index in [9.17, 15) is 4.79 Å². The van der Waals surface area contributed by atoms with Gasteiger partial charge in [-0.05, 0) is 51.5 Å². The van der Waals surface area contributed by atoms with Gasteiger partial charge in [0.1, 0.15) is 0 Å². The lowest BCUT2D eigenvalue weighted by Crippen LogP contribution is -2.37. The highest BCUT2D eigenvalue weighted by Gasteiger charge is 2.21. The van der Waals surface area contributed by atoms with E-state index in [1.807, 2.05) is 19.9 Å². The van der Waals surface area contributed by atoms with E-state index in [0.29, 0.717) is 11.6 Å². The number of rotatable bonds is 4. The fourth-order valence-corrected chi connectivity index (χ4v) is 2.75. The van der Waals surface area contributed by atoms with E-state index in [2.05, 4.69) is 22.5 Å². The van der Waals surface area contributed by atoms with E-state index in [1.54, 1.807) is 6.20 Å². The minimum Gasteiger partial charge on any atom is -0.385 e. The number of nitrogens with zero attached hydrogens (tertiary/aromatic N) is 1. The van der Waals surface area contributed by atoms with Crippen molar-refractivity contribution >= 4 is 11.6 Å². The number of anilines is 1. The Balaban J connectivity index is 2.05. The van der Waals surface area contributed by atoms with Crippen LogP contribution in [0.4, 0.5) is 5.69 Å². The van der Waals surface area contributed by atoms with Gasteiger partial charge in [-0.2, -0.15) is 0 Å².